The van der Waals surface area contributed by atoms with Crippen molar-refractivity contribution in [1.29, 1.82) is 0 Å². The minimum atomic E-state index is -0.146. The maximum absolute atomic E-state index is 11.8. The molecule has 1 aliphatic heterocycles. The molecule has 0 fully saturated rings. The average Bonchev–Trinajstić information content (AvgIpc) is 2.30. The van der Waals surface area contributed by atoms with Crippen LogP contribution >= 0.6 is 0 Å². The van der Waals surface area contributed by atoms with Crippen LogP contribution < -0.4 is 10.6 Å². The first-order valence-corrected chi connectivity index (χ1v) is 5.38. The maximum Gasteiger partial charge on any atom is 0.242 e. The Bertz CT molecular complexity index is 414. The summed E-state index contributed by atoms with van der Waals surface area (Å²) >= 11 is 0. The number of rotatable bonds is 2. The topological polar surface area (TPSA) is 54.0 Å². The molecule has 0 saturated carbocycles. The first-order valence-electron chi connectivity index (χ1n) is 5.38. The standard InChI is InChI=1S/C12H15N3O/c1-9-5-4-7-11(14-9)15-12(16)10-6-2-3-8-13-10/h2-5,7,10,13H,6,8H2,1H3,(H,14,15,16)/t10-/m0/s1. The second kappa shape index (κ2) is 4.90. The van der Waals surface area contributed by atoms with Gasteiger partial charge in [0, 0.05) is 12.2 Å². The summed E-state index contributed by atoms with van der Waals surface area (Å²) in [4.78, 5) is 16.1. The zero-order valence-corrected chi connectivity index (χ0v) is 9.23. The van der Waals surface area contributed by atoms with Gasteiger partial charge in [-0.15, -0.1) is 0 Å². The molecule has 0 bridgehead atoms. The Balaban J connectivity index is 1.99. The highest BCUT2D eigenvalue weighted by Gasteiger charge is 2.18. The van der Waals surface area contributed by atoms with Crippen LogP contribution in [0.1, 0.15) is 12.1 Å². The molecule has 1 atom stereocenters. The predicted molar refractivity (Wildman–Crippen MR) is 63.2 cm³/mol. The van der Waals surface area contributed by atoms with Crippen LogP contribution in [0.3, 0.4) is 0 Å². The molecule has 2 heterocycles. The van der Waals surface area contributed by atoms with Crippen molar-refractivity contribution in [1.82, 2.24) is 10.3 Å². The fourth-order valence-electron chi connectivity index (χ4n) is 1.64. The molecular formula is C12H15N3O. The van der Waals surface area contributed by atoms with Gasteiger partial charge < -0.3 is 10.6 Å². The summed E-state index contributed by atoms with van der Waals surface area (Å²) in [6.07, 6.45) is 4.77. The number of aryl methyl sites for hydroxylation is 1. The lowest BCUT2D eigenvalue weighted by atomic mass is 10.1. The fourth-order valence-corrected chi connectivity index (χ4v) is 1.64. The van der Waals surface area contributed by atoms with Gasteiger partial charge in [0.15, 0.2) is 0 Å². The quantitative estimate of drug-likeness (QED) is 0.733. The average molecular weight is 217 g/mol. The highest BCUT2D eigenvalue weighted by Crippen LogP contribution is 2.07. The highest BCUT2D eigenvalue weighted by molar-refractivity contribution is 5.94. The van der Waals surface area contributed by atoms with Crippen LogP contribution in [-0.4, -0.2) is 23.5 Å². The van der Waals surface area contributed by atoms with Crippen molar-refractivity contribution in [2.45, 2.75) is 19.4 Å². The van der Waals surface area contributed by atoms with Gasteiger partial charge in [0.1, 0.15) is 5.82 Å². The van der Waals surface area contributed by atoms with E-state index in [-0.39, 0.29) is 11.9 Å². The third-order valence-electron chi connectivity index (χ3n) is 2.48. The third-order valence-corrected chi connectivity index (χ3v) is 2.48. The second-order valence-corrected chi connectivity index (χ2v) is 3.82. The molecule has 1 aromatic rings. The van der Waals surface area contributed by atoms with E-state index in [0.717, 1.165) is 18.7 Å². The Morgan fingerprint density at radius 3 is 3.06 bits per heavy atom. The van der Waals surface area contributed by atoms with Crippen LogP contribution in [-0.2, 0) is 4.79 Å². The van der Waals surface area contributed by atoms with E-state index in [2.05, 4.69) is 15.6 Å². The largest absolute Gasteiger partial charge is 0.309 e. The van der Waals surface area contributed by atoms with E-state index in [9.17, 15) is 4.79 Å². The van der Waals surface area contributed by atoms with Crippen LogP contribution in [0.2, 0.25) is 0 Å². The van der Waals surface area contributed by atoms with Gasteiger partial charge >= 0.3 is 0 Å². The molecular weight excluding hydrogens is 202 g/mol. The third kappa shape index (κ3) is 2.67. The summed E-state index contributed by atoms with van der Waals surface area (Å²) in [6.45, 7) is 2.65. The Hall–Kier alpha value is -1.68. The van der Waals surface area contributed by atoms with Crippen LogP contribution in [0, 0.1) is 6.92 Å². The van der Waals surface area contributed by atoms with Gasteiger partial charge in [-0.2, -0.15) is 0 Å². The molecule has 0 unspecified atom stereocenters. The number of hydrogen-bond donors (Lipinski definition) is 2. The van der Waals surface area contributed by atoms with E-state index >= 15 is 0 Å². The number of hydrogen-bond acceptors (Lipinski definition) is 3. The van der Waals surface area contributed by atoms with Gasteiger partial charge in [-0.05, 0) is 25.5 Å². The number of amides is 1. The van der Waals surface area contributed by atoms with Crippen molar-refractivity contribution in [3.8, 4) is 0 Å². The normalized spacial score (nSPS) is 19.4. The van der Waals surface area contributed by atoms with E-state index in [4.69, 9.17) is 0 Å². The zero-order valence-electron chi connectivity index (χ0n) is 9.23. The summed E-state index contributed by atoms with van der Waals surface area (Å²) in [5.41, 5.74) is 0.897. The summed E-state index contributed by atoms with van der Waals surface area (Å²) in [7, 11) is 0. The number of carbonyl (C=O) groups excluding carboxylic acids is 1. The summed E-state index contributed by atoms with van der Waals surface area (Å²) in [5.74, 6) is 0.587. The van der Waals surface area contributed by atoms with Crippen LogP contribution in [0.15, 0.2) is 30.4 Å². The van der Waals surface area contributed by atoms with Crippen molar-refractivity contribution in [3.63, 3.8) is 0 Å². The maximum atomic E-state index is 11.8. The predicted octanol–water partition coefficient (Wildman–Crippen LogP) is 1.25. The Kier molecular flexibility index (Phi) is 3.31. The van der Waals surface area contributed by atoms with Crippen LogP contribution in [0.25, 0.3) is 0 Å². The number of nitrogens with one attached hydrogen (secondary N) is 2. The molecule has 0 aliphatic carbocycles. The Labute approximate surface area is 94.8 Å². The van der Waals surface area contributed by atoms with Crippen molar-refractivity contribution in [2.24, 2.45) is 0 Å². The highest BCUT2D eigenvalue weighted by atomic mass is 16.2. The van der Waals surface area contributed by atoms with E-state index in [1.807, 2.05) is 31.2 Å². The summed E-state index contributed by atoms with van der Waals surface area (Å²) < 4.78 is 0. The van der Waals surface area contributed by atoms with Gasteiger partial charge in [0.25, 0.3) is 0 Å². The molecule has 84 valence electrons. The lowest BCUT2D eigenvalue weighted by Gasteiger charge is -2.18. The van der Waals surface area contributed by atoms with E-state index < -0.39 is 0 Å². The van der Waals surface area contributed by atoms with Gasteiger partial charge in [-0.1, -0.05) is 18.2 Å². The van der Waals surface area contributed by atoms with Crippen molar-refractivity contribution < 1.29 is 4.79 Å². The van der Waals surface area contributed by atoms with Crippen LogP contribution in [0.5, 0.6) is 0 Å². The second-order valence-electron chi connectivity index (χ2n) is 3.82. The van der Waals surface area contributed by atoms with Gasteiger partial charge in [-0.25, -0.2) is 4.98 Å². The first-order chi connectivity index (χ1) is 7.75. The van der Waals surface area contributed by atoms with E-state index in [0.29, 0.717) is 5.82 Å². The van der Waals surface area contributed by atoms with Crippen molar-refractivity contribution in [2.75, 3.05) is 11.9 Å². The lowest BCUT2D eigenvalue weighted by molar-refractivity contribution is -0.118. The summed E-state index contributed by atoms with van der Waals surface area (Å²) in [6, 6.07) is 5.43. The number of carbonyl (C=O) groups is 1. The molecule has 0 saturated heterocycles. The molecule has 1 aliphatic rings. The molecule has 0 spiro atoms. The van der Waals surface area contributed by atoms with Crippen molar-refractivity contribution >= 4 is 11.7 Å². The Morgan fingerprint density at radius 1 is 1.50 bits per heavy atom. The first kappa shape index (κ1) is 10.8. The molecule has 1 aromatic heterocycles. The monoisotopic (exact) mass is 217 g/mol. The fraction of sp³-hybridized carbons (Fsp3) is 0.333. The lowest BCUT2D eigenvalue weighted by Crippen LogP contribution is -2.42. The van der Waals surface area contributed by atoms with Crippen LogP contribution in [0.4, 0.5) is 5.82 Å². The molecule has 2 rings (SSSR count). The summed E-state index contributed by atoms with van der Waals surface area (Å²) in [5, 5.41) is 5.93. The number of nitrogens with zero attached hydrogens (tertiary/aromatic N) is 1. The molecule has 1 amide bonds. The minimum absolute atomic E-state index is 0.0255. The number of anilines is 1. The van der Waals surface area contributed by atoms with Gasteiger partial charge in [-0.3, -0.25) is 4.79 Å². The SMILES string of the molecule is Cc1cccc(NC(=O)[C@@H]2CC=CCN2)n1. The molecule has 0 aromatic carbocycles. The van der Waals surface area contributed by atoms with Crippen molar-refractivity contribution in [3.05, 3.63) is 36.0 Å². The molecule has 2 N–H and O–H groups in total. The smallest absolute Gasteiger partial charge is 0.242 e. The minimum Gasteiger partial charge on any atom is -0.309 e. The van der Waals surface area contributed by atoms with E-state index in [1.165, 1.54) is 0 Å². The molecule has 0 radical (unpaired) electrons. The Morgan fingerprint density at radius 2 is 2.38 bits per heavy atom. The van der Waals surface area contributed by atoms with Gasteiger partial charge in [0.05, 0.1) is 6.04 Å². The van der Waals surface area contributed by atoms with Gasteiger partial charge in [0.2, 0.25) is 5.91 Å². The number of aromatic nitrogens is 1. The molecule has 16 heavy (non-hydrogen) atoms. The van der Waals surface area contributed by atoms with E-state index in [1.54, 1.807) is 6.07 Å². The number of pyridine rings is 1. The molecule has 4 nitrogen and oxygen atoms in total. The molecule has 4 heteroatoms. The zero-order chi connectivity index (χ0) is 11.4.